The van der Waals surface area contributed by atoms with E-state index >= 15 is 0 Å². The topological polar surface area (TPSA) is 113 Å². The monoisotopic (exact) mass is 625 g/mol. The third kappa shape index (κ3) is 8.28. The summed E-state index contributed by atoms with van der Waals surface area (Å²) in [6, 6.07) is 6.39. The zero-order valence-corrected chi connectivity index (χ0v) is 22.5. The summed E-state index contributed by atoms with van der Waals surface area (Å²) in [5.74, 6) is -4.01. The Balaban J connectivity index is 2.11. The molecule has 0 fully saturated rings. The summed E-state index contributed by atoms with van der Waals surface area (Å²) >= 11 is 11.7. The number of alkyl halides is 6. The van der Waals surface area contributed by atoms with Crippen molar-refractivity contribution in [2.75, 3.05) is 5.32 Å². The van der Waals surface area contributed by atoms with Crippen molar-refractivity contribution in [3.05, 3.63) is 71.0 Å². The lowest BCUT2D eigenvalue weighted by Gasteiger charge is -2.22. The van der Waals surface area contributed by atoms with Gasteiger partial charge in [-0.25, -0.2) is 0 Å². The second-order valence-corrected chi connectivity index (χ2v) is 10.7. The van der Waals surface area contributed by atoms with Crippen molar-refractivity contribution < 1.29 is 50.1 Å². The molecule has 0 bridgehead atoms. The number of carbonyl (C=O) groups is 2. The van der Waals surface area contributed by atoms with Gasteiger partial charge in [0.05, 0.1) is 11.1 Å². The summed E-state index contributed by atoms with van der Waals surface area (Å²) < 4.78 is 92.1. The van der Waals surface area contributed by atoms with Crippen molar-refractivity contribution in [2.24, 2.45) is 5.73 Å². The first kappa shape index (κ1) is 31.1. The number of amides is 2. The number of ether oxygens (including phenoxy) is 3. The fraction of sp³-hybridized carbons (Fsp3) is 0.174. The van der Waals surface area contributed by atoms with E-state index in [-0.39, 0.29) is 17.1 Å². The molecular formula is C23H17F6N3O5S3. The van der Waals surface area contributed by atoms with Gasteiger partial charge < -0.3 is 25.3 Å². The Morgan fingerprint density at radius 2 is 1.55 bits per heavy atom. The first-order valence-electron chi connectivity index (χ1n) is 10.6. The first-order chi connectivity index (χ1) is 18.3. The van der Waals surface area contributed by atoms with Gasteiger partial charge in [-0.15, -0.1) is 51.1 Å². The molecule has 3 N–H and O–H groups in total. The molecule has 214 valence electrons. The lowest BCUT2D eigenvalue weighted by molar-refractivity contribution is -0.274. The van der Waals surface area contributed by atoms with Gasteiger partial charge in [0.2, 0.25) is 3.60 Å². The van der Waals surface area contributed by atoms with E-state index < -0.39 is 61.9 Å². The maximum Gasteiger partial charge on any atom is 0.573 e. The summed E-state index contributed by atoms with van der Waals surface area (Å²) in [6.07, 6.45) is -8.78. The van der Waals surface area contributed by atoms with Crippen LogP contribution in [0.25, 0.3) is 0 Å². The zero-order valence-electron chi connectivity index (χ0n) is 19.8. The van der Waals surface area contributed by atoms with Gasteiger partial charge in [-0.3, -0.25) is 14.6 Å². The van der Waals surface area contributed by atoms with Gasteiger partial charge in [0.1, 0.15) is 17.2 Å². The number of nitrogens with one attached hydrogen (secondary N) is 1. The van der Waals surface area contributed by atoms with Crippen molar-refractivity contribution >= 4 is 55.4 Å². The van der Waals surface area contributed by atoms with Crippen LogP contribution in [0.4, 0.5) is 32.0 Å². The molecule has 40 heavy (non-hydrogen) atoms. The predicted octanol–water partition coefficient (Wildman–Crippen LogP) is 6.23. The molecule has 0 saturated heterocycles. The van der Waals surface area contributed by atoms with Crippen LogP contribution < -0.4 is 25.3 Å². The maximum atomic E-state index is 13.7. The van der Waals surface area contributed by atoms with Crippen LogP contribution in [0.5, 0.6) is 23.0 Å². The maximum absolute atomic E-state index is 13.7. The number of carbonyl (C=O) groups excluding carboxylic acids is 2. The average molecular weight is 626 g/mol. The molecule has 1 heterocycles. The molecule has 0 aliphatic heterocycles. The number of anilines is 1. The van der Waals surface area contributed by atoms with Crippen molar-refractivity contribution in [3.8, 4) is 23.0 Å². The zero-order chi connectivity index (χ0) is 30.0. The molecule has 0 spiro atoms. The number of pyridine rings is 1. The highest BCUT2D eigenvalue weighted by atomic mass is 32.2. The number of benzene rings is 2. The molecule has 17 heteroatoms. The minimum Gasteiger partial charge on any atom is -0.455 e. The van der Waals surface area contributed by atoms with Crippen LogP contribution in [0.2, 0.25) is 0 Å². The number of rotatable bonds is 8. The second kappa shape index (κ2) is 11.6. The van der Waals surface area contributed by atoms with Crippen LogP contribution in [0.3, 0.4) is 0 Å². The van der Waals surface area contributed by atoms with E-state index in [0.29, 0.717) is 6.07 Å². The van der Waals surface area contributed by atoms with Crippen LogP contribution in [0, 0.1) is 6.92 Å². The van der Waals surface area contributed by atoms with Gasteiger partial charge >= 0.3 is 12.5 Å². The molecular weight excluding hydrogens is 608 g/mol. The first-order valence-corrected chi connectivity index (χ1v) is 11.9. The minimum absolute atomic E-state index is 0.0285. The van der Waals surface area contributed by atoms with E-state index in [1.165, 1.54) is 6.07 Å². The Morgan fingerprint density at radius 3 is 2.12 bits per heavy atom. The van der Waals surface area contributed by atoms with E-state index in [1.807, 2.05) is 0 Å². The molecule has 3 aromatic rings. The van der Waals surface area contributed by atoms with Crippen LogP contribution in [-0.2, 0) is 6.18 Å². The largest absolute Gasteiger partial charge is 0.573 e. The standard InChI is InChI=1S/C23H17F6N3O5S3/c1-10-13(21(24,25)26)3-5-16(18(10)20(34)32-11-6-7-31-14(8-11)19(30)33)35-15-4-2-12(36-22(27,28)29)9-17(15)37-23(38,39)40/h2-9,38-40H,1H3,(H2,30,33)(H,31,32,34). The van der Waals surface area contributed by atoms with E-state index in [2.05, 4.69) is 52.9 Å². The molecule has 0 atom stereocenters. The number of nitrogens with zero attached hydrogens (tertiary/aromatic N) is 1. The smallest absolute Gasteiger partial charge is 0.455 e. The second-order valence-electron chi connectivity index (χ2n) is 7.79. The van der Waals surface area contributed by atoms with Crippen molar-refractivity contribution in [3.63, 3.8) is 0 Å². The Labute approximate surface area is 238 Å². The Bertz CT molecular complexity index is 1450. The van der Waals surface area contributed by atoms with Gasteiger partial charge in [-0.1, -0.05) is 0 Å². The summed E-state index contributed by atoms with van der Waals surface area (Å²) in [7, 11) is 0. The average Bonchev–Trinajstić information content (AvgIpc) is 2.78. The van der Waals surface area contributed by atoms with Crippen LogP contribution in [-0.4, -0.2) is 26.8 Å². The molecule has 0 saturated carbocycles. The number of hydrogen-bond acceptors (Lipinski definition) is 9. The SMILES string of the molecule is Cc1c(C(F)(F)F)ccc(Oc2ccc(OC(F)(F)F)cc2OC(S)(S)S)c1C(=O)Nc1ccnc(C(N)=O)c1. The molecule has 0 unspecified atom stereocenters. The molecule has 1 aromatic heterocycles. The van der Waals surface area contributed by atoms with Gasteiger partial charge in [0.25, 0.3) is 11.8 Å². The summed E-state index contributed by atoms with van der Waals surface area (Å²) in [4.78, 5) is 28.3. The number of primary amides is 1. The number of hydrogen-bond donors (Lipinski definition) is 5. The van der Waals surface area contributed by atoms with E-state index in [4.69, 9.17) is 15.2 Å². The van der Waals surface area contributed by atoms with Crippen LogP contribution in [0.15, 0.2) is 48.7 Å². The van der Waals surface area contributed by atoms with Crippen LogP contribution >= 0.6 is 37.9 Å². The third-order valence-corrected chi connectivity index (χ3v) is 5.12. The summed E-state index contributed by atoms with van der Waals surface area (Å²) in [5.41, 5.74) is 2.61. The highest BCUT2D eigenvalue weighted by Crippen LogP contribution is 2.43. The number of aromatic nitrogens is 1. The Hall–Kier alpha value is -3.44. The Kier molecular flexibility index (Phi) is 9.00. The van der Waals surface area contributed by atoms with Crippen molar-refractivity contribution in [1.82, 2.24) is 4.98 Å². The van der Waals surface area contributed by atoms with Crippen molar-refractivity contribution in [2.45, 2.75) is 23.1 Å². The van der Waals surface area contributed by atoms with Gasteiger partial charge in [0.15, 0.2) is 11.5 Å². The molecule has 0 aliphatic carbocycles. The number of halogens is 6. The third-order valence-electron chi connectivity index (χ3n) is 4.85. The lowest BCUT2D eigenvalue weighted by Crippen LogP contribution is -2.19. The molecule has 3 rings (SSSR count). The van der Waals surface area contributed by atoms with Crippen LogP contribution in [0.1, 0.15) is 32.0 Å². The summed E-state index contributed by atoms with van der Waals surface area (Å²) in [6.45, 7) is 1.02. The van der Waals surface area contributed by atoms with Gasteiger partial charge in [0, 0.05) is 18.0 Å². The number of nitrogens with two attached hydrogens (primary N) is 1. The van der Waals surface area contributed by atoms with Gasteiger partial charge in [-0.05, 0) is 48.9 Å². The highest BCUT2D eigenvalue weighted by Gasteiger charge is 2.36. The quantitative estimate of drug-likeness (QED) is 0.115. The molecule has 0 radical (unpaired) electrons. The molecule has 2 amide bonds. The fourth-order valence-corrected chi connectivity index (χ4v) is 3.61. The molecule has 2 aromatic carbocycles. The van der Waals surface area contributed by atoms with Gasteiger partial charge in [-0.2, -0.15) is 13.2 Å². The fourth-order valence-electron chi connectivity index (χ4n) is 3.31. The van der Waals surface area contributed by atoms with E-state index in [0.717, 1.165) is 43.5 Å². The summed E-state index contributed by atoms with van der Waals surface area (Å²) in [5, 5.41) is 2.34. The highest BCUT2D eigenvalue weighted by molar-refractivity contribution is 8.16. The van der Waals surface area contributed by atoms with Crippen molar-refractivity contribution in [1.29, 1.82) is 0 Å². The van der Waals surface area contributed by atoms with E-state index in [1.54, 1.807) is 0 Å². The normalized spacial score (nSPS) is 12.1. The van der Waals surface area contributed by atoms with E-state index in [9.17, 15) is 35.9 Å². The predicted molar refractivity (Wildman–Crippen MR) is 140 cm³/mol. The molecule has 0 aliphatic rings. The minimum atomic E-state index is -5.06. The Morgan fingerprint density at radius 1 is 0.900 bits per heavy atom. The molecule has 8 nitrogen and oxygen atoms in total. The lowest BCUT2D eigenvalue weighted by atomic mass is 10.00. The number of thiol groups is 3.